The molecule has 1 aliphatic heterocycles. The summed E-state index contributed by atoms with van der Waals surface area (Å²) in [7, 11) is 0. The third kappa shape index (κ3) is 2.90. The van der Waals surface area contributed by atoms with Gasteiger partial charge in [0, 0.05) is 12.5 Å². The van der Waals surface area contributed by atoms with Crippen LogP contribution in [0.1, 0.15) is 44.9 Å². The van der Waals surface area contributed by atoms with Gasteiger partial charge in [-0.15, -0.1) is 0 Å². The smallest absolute Gasteiger partial charge is 0.410 e. The largest absolute Gasteiger partial charge is 0.481 e. The van der Waals surface area contributed by atoms with E-state index in [2.05, 4.69) is 0 Å². The quantitative estimate of drug-likeness (QED) is 0.817. The highest BCUT2D eigenvalue weighted by Gasteiger charge is 2.38. The first-order chi connectivity index (χ1) is 8.18. The minimum atomic E-state index is -0.812. The molecule has 1 atom stereocenters. The van der Waals surface area contributed by atoms with E-state index in [1.165, 1.54) is 6.42 Å². The van der Waals surface area contributed by atoms with Crippen molar-refractivity contribution in [3.05, 3.63) is 0 Å². The zero-order chi connectivity index (χ0) is 12.3. The average molecular weight is 241 g/mol. The van der Waals surface area contributed by atoms with Crippen molar-refractivity contribution in [1.82, 2.24) is 4.90 Å². The van der Waals surface area contributed by atoms with E-state index in [1.807, 2.05) is 0 Å². The topological polar surface area (TPSA) is 66.8 Å². The number of carbonyl (C=O) groups excluding carboxylic acids is 1. The van der Waals surface area contributed by atoms with Crippen molar-refractivity contribution in [1.29, 1.82) is 0 Å². The predicted octanol–water partition coefficient (Wildman–Crippen LogP) is 2.00. The summed E-state index contributed by atoms with van der Waals surface area (Å²) in [4.78, 5) is 24.1. The second-order valence-corrected chi connectivity index (χ2v) is 4.86. The molecule has 2 aliphatic rings. The van der Waals surface area contributed by atoms with Crippen molar-refractivity contribution < 1.29 is 19.4 Å². The Bertz CT molecular complexity index is 299. The third-order valence-electron chi connectivity index (χ3n) is 3.66. The van der Waals surface area contributed by atoms with E-state index < -0.39 is 5.97 Å². The van der Waals surface area contributed by atoms with E-state index in [9.17, 15) is 9.59 Å². The summed E-state index contributed by atoms with van der Waals surface area (Å²) >= 11 is 0. The van der Waals surface area contributed by atoms with Gasteiger partial charge in [-0.1, -0.05) is 19.3 Å². The molecule has 1 aliphatic carbocycles. The molecule has 0 aromatic rings. The molecule has 5 heteroatoms. The van der Waals surface area contributed by atoms with Crippen LogP contribution in [0.3, 0.4) is 0 Å². The molecule has 0 aromatic heterocycles. The van der Waals surface area contributed by atoms with Crippen LogP contribution in [0.5, 0.6) is 0 Å². The number of carbonyl (C=O) groups is 2. The minimum Gasteiger partial charge on any atom is -0.481 e. The van der Waals surface area contributed by atoms with Gasteiger partial charge in [0.2, 0.25) is 0 Å². The second kappa shape index (κ2) is 5.38. The Labute approximate surface area is 101 Å². The van der Waals surface area contributed by atoms with Gasteiger partial charge < -0.3 is 9.84 Å². The van der Waals surface area contributed by atoms with Gasteiger partial charge in [-0.2, -0.15) is 0 Å². The van der Waals surface area contributed by atoms with Crippen LogP contribution < -0.4 is 0 Å². The summed E-state index contributed by atoms with van der Waals surface area (Å²) in [6, 6.07) is 0.222. The fourth-order valence-corrected chi connectivity index (χ4v) is 2.79. The molecule has 1 saturated carbocycles. The van der Waals surface area contributed by atoms with Crippen LogP contribution in [0.25, 0.3) is 0 Å². The van der Waals surface area contributed by atoms with Gasteiger partial charge >= 0.3 is 12.1 Å². The highest BCUT2D eigenvalue weighted by atomic mass is 16.6. The van der Waals surface area contributed by atoms with E-state index in [1.54, 1.807) is 4.90 Å². The molecule has 1 amide bonds. The van der Waals surface area contributed by atoms with Crippen LogP contribution in [0.4, 0.5) is 4.79 Å². The summed E-state index contributed by atoms with van der Waals surface area (Å²) in [5, 5.41) is 8.69. The average Bonchev–Trinajstić information content (AvgIpc) is 2.69. The van der Waals surface area contributed by atoms with E-state index in [0.29, 0.717) is 13.0 Å². The van der Waals surface area contributed by atoms with Gasteiger partial charge in [0.05, 0.1) is 6.04 Å². The first kappa shape index (κ1) is 12.2. The normalized spacial score (nSPS) is 26.0. The van der Waals surface area contributed by atoms with Crippen molar-refractivity contribution in [3.8, 4) is 0 Å². The summed E-state index contributed by atoms with van der Waals surface area (Å²) in [6.45, 7) is 0.350. The molecular weight excluding hydrogens is 222 g/mol. The van der Waals surface area contributed by atoms with Gasteiger partial charge in [-0.3, -0.25) is 9.69 Å². The van der Waals surface area contributed by atoms with E-state index in [-0.39, 0.29) is 24.6 Å². The molecule has 1 saturated heterocycles. The molecule has 0 spiro atoms. The van der Waals surface area contributed by atoms with Crippen LogP contribution in [0.15, 0.2) is 0 Å². The van der Waals surface area contributed by atoms with Gasteiger partial charge in [-0.25, -0.2) is 4.79 Å². The number of amides is 1. The number of carboxylic acids is 1. The Morgan fingerprint density at radius 3 is 2.71 bits per heavy atom. The second-order valence-electron chi connectivity index (χ2n) is 4.86. The highest BCUT2D eigenvalue weighted by Crippen LogP contribution is 2.29. The zero-order valence-electron chi connectivity index (χ0n) is 9.93. The first-order valence-electron chi connectivity index (χ1n) is 6.35. The van der Waals surface area contributed by atoms with Gasteiger partial charge in [0.25, 0.3) is 0 Å². The Morgan fingerprint density at radius 2 is 2.06 bits per heavy atom. The third-order valence-corrected chi connectivity index (χ3v) is 3.66. The number of aliphatic carboxylic acids is 1. The minimum absolute atomic E-state index is 0.0401. The van der Waals surface area contributed by atoms with Gasteiger partial charge in [0.15, 0.2) is 0 Å². The van der Waals surface area contributed by atoms with Crippen molar-refractivity contribution in [3.63, 3.8) is 0 Å². The lowest BCUT2D eigenvalue weighted by atomic mass is 9.93. The Kier molecular flexibility index (Phi) is 3.86. The standard InChI is InChI=1S/C12H19NO4/c14-11(15)7-6-10-8-17-12(16)13(10)9-4-2-1-3-5-9/h9-10H,1-8H2,(H,14,15). The number of rotatable bonds is 4. The van der Waals surface area contributed by atoms with Crippen molar-refractivity contribution in [2.24, 2.45) is 0 Å². The van der Waals surface area contributed by atoms with E-state index in [0.717, 1.165) is 25.7 Å². The van der Waals surface area contributed by atoms with Crippen molar-refractivity contribution in [2.45, 2.75) is 57.0 Å². The SMILES string of the molecule is O=C(O)CCC1COC(=O)N1C1CCCCC1. The Morgan fingerprint density at radius 1 is 1.35 bits per heavy atom. The molecule has 0 radical (unpaired) electrons. The van der Waals surface area contributed by atoms with Crippen molar-refractivity contribution in [2.75, 3.05) is 6.61 Å². The number of hydrogen-bond donors (Lipinski definition) is 1. The molecule has 0 bridgehead atoms. The fourth-order valence-electron chi connectivity index (χ4n) is 2.79. The van der Waals surface area contributed by atoms with Gasteiger partial charge in [-0.05, 0) is 19.3 Å². The van der Waals surface area contributed by atoms with Crippen molar-refractivity contribution >= 4 is 12.1 Å². The van der Waals surface area contributed by atoms with Crippen LogP contribution in [-0.2, 0) is 9.53 Å². The molecule has 96 valence electrons. The van der Waals surface area contributed by atoms with Crippen LogP contribution in [-0.4, -0.2) is 40.8 Å². The lowest BCUT2D eigenvalue weighted by Gasteiger charge is -2.33. The molecule has 2 rings (SSSR count). The maximum absolute atomic E-state index is 11.7. The highest BCUT2D eigenvalue weighted by molar-refractivity contribution is 5.71. The summed E-state index contributed by atoms with van der Waals surface area (Å²) in [5.74, 6) is -0.812. The number of nitrogens with zero attached hydrogens (tertiary/aromatic N) is 1. The van der Waals surface area contributed by atoms with Crippen LogP contribution in [0.2, 0.25) is 0 Å². The summed E-state index contributed by atoms with van der Waals surface area (Å²) < 4.78 is 5.06. The molecule has 5 nitrogen and oxygen atoms in total. The van der Waals surface area contributed by atoms with Crippen LogP contribution >= 0.6 is 0 Å². The number of carboxylic acid groups (broad SMARTS) is 1. The zero-order valence-corrected chi connectivity index (χ0v) is 9.93. The molecule has 1 N–H and O–H groups in total. The molecule has 17 heavy (non-hydrogen) atoms. The van der Waals surface area contributed by atoms with Crippen LogP contribution in [0, 0.1) is 0 Å². The summed E-state index contributed by atoms with van der Waals surface area (Å²) in [6.07, 6.45) is 5.94. The Hall–Kier alpha value is -1.26. The number of hydrogen-bond acceptors (Lipinski definition) is 3. The number of ether oxygens (including phenoxy) is 1. The fraction of sp³-hybridized carbons (Fsp3) is 0.833. The molecular formula is C12H19NO4. The van der Waals surface area contributed by atoms with E-state index >= 15 is 0 Å². The monoisotopic (exact) mass is 241 g/mol. The first-order valence-corrected chi connectivity index (χ1v) is 6.35. The molecule has 1 unspecified atom stereocenters. The van der Waals surface area contributed by atoms with Gasteiger partial charge in [0.1, 0.15) is 6.61 Å². The molecule has 2 fully saturated rings. The lowest BCUT2D eigenvalue weighted by molar-refractivity contribution is -0.137. The maximum Gasteiger partial charge on any atom is 0.410 e. The predicted molar refractivity (Wildman–Crippen MR) is 60.7 cm³/mol. The van der Waals surface area contributed by atoms with E-state index in [4.69, 9.17) is 9.84 Å². The Balaban J connectivity index is 1.95. The lowest BCUT2D eigenvalue weighted by Crippen LogP contribution is -2.43. The maximum atomic E-state index is 11.7. The molecule has 0 aromatic carbocycles. The number of cyclic esters (lactones) is 1. The molecule has 1 heterocycles. The summed E-state index contributed by atoms with van der Waals surface area (Å²) in [5.41, 5.74) is 0.